The van der Waals surface area contributed by atoms with E-state index in [1.54, 1.807) is 0 Å². The standard InChI is InChI=1S/C47H51N9O5/c1-28(2)40(54-47(60)61-4)44(57)55-22-8-12-38(55)42-49-26-36(51-42)30-16-14-29(15-17-30)32-18-19-34-25-35(21-20-33(34)24-32)37-27-50-43(52-37)39-13-9-23-56(39)45(58)41(53-46(59)48-3)31-10-6-5-7-11-31/h5-7,10-11,14-21,24-28,38-41H,8-9,12-13,22-23H2,1-4H3,(H,49,51)(H,50,52)(H,54,60)(H2,48,53,59)/t38-,39-,40-,41+/m0/s1. The normalized spacial score (nSPS) is 17.3. The Balaban J connectivity index is 0.943. The summed E-state index contributed by atoms with van der Waals surface area (Å²) in [7, 11) is 2.82. The number of rotatable bonds is 11. The summed E-state index contributed by atoms with van der Waals surface area (Å²) in [5.41, 5.74) is 6.49. The molecular weight excluding hydrogens is 771 g/mol. The predicted octanol–water partition coefficient (Wildman–Crippen LogP) is 7.66. The minimum atomic E-state index is -0.819. The van der Waals surface area contributed by atoms with E-state index in [2.05, 4.69) is 86.6 Å². The maximum Gasteiger partial charge on any atom is 0.407 e. The molecule has 4 aromatic carbocycles. The lowest BCUT2D eigenvalue weighted by molar-refractivity contribution is -0.135. The second-order valence-corrected chi connectivity index (χ2v) is 16.0. The van der Waals surface area contributed by atoms with Gasteiger partial charge in [0.05, 0.1) is 36.8 Å². The molecule has 0 spiro atoms. The number of hydrogen-bond donors (Lipinski definition) is 5. The second kappa shape index (κ2) is 17.7. The summed E-state index contributed by atoms with van der Waals surface area (Å²) < 4.78 is 4.77. The van der Waals surface area contributed by atoms with Crippen LogP contribution >= 0.6 is 0 Å². The number of benzene rings is 4. The monoisotopic (exact) mass is 821 g/mol. The molecular formula is C47H51N9O5. The number of fused-ring (bicyclic) bond motifs is 1. The highest BCUT2D eigenvalue weighted by Gasteiger charge is 2.38. The Bertz CT molecular complexity index is 2530. The lowest BCUT2D eigenvalue weighted by Crippen LogP contribution is -2.51. The summed E-state index contributed by atoms with van der Waals surface area (Å²) in [5.74, 6) is 1.03. The van der Waals surface area contributed by atoms with Crippen LogP contribution in [0.5, 0.6) is 0 Å². The third-order valence-corrected chi connectivity index (χ3v) is 11.8. The molecule has 0 radical (unpaired) electrons. The molecule has 14 heteroatoms. The minimum absolute atomic E-state index is 0.106. The highest BCUT2D eigenvalue weighted by molar-refractivity contribution is 5.91. The van der Waals surface area contributed by atoms with Crippen LogP contribution in [0, 0.1) is 5.92 Å². The van der Waals surface area contributed by atoms with Crippen LogP contribution in [0.25, 0.3) is 44.4 Å². The average molecular weight is 822 g/mol. The maximum atomic E-state index is 14.0. The van der Waals surface area contributed by atoms with E-state index in [0.717, 1.165) is 87.3 Å². The van der Waals surface area contributed by atoms with E-state index in [-0.39, 0.29) is 29.8 Å². The molecule has 5 amide bonds. The topological polar surface area (TPSA) is 177 Å². The Morgan fingerprint density at radius 1 is 0.754 bits per heavy atom. The van der Waals surface area contributed by atoms with Gasteiger partial charge in [0.2, 0.25) is 11.8 Å². The first kappa shape index (κ1) is 40.8. The van der Waals surface area contributed by atoms with E-state index in [9.17, 15) is 19.2 Å². The molecule has 0 aliphatic carbocycles. The Morgan fingerprint density at radius 2 is 1.38 bits per heavy atom. The lowest BCUT2D eigenvalue weighted by Gasteiger charge is -2.30. The molecule has 314 valence electrons. The quantitative estimate of drug-likeness (QED) is 0.0891. The molecule has 14 nitrogen and oxygen atoms in total. The fourth-order valence-corrected chi connectivity index (χ4v) is 8.54. The van der Waals surface area contributed by atoms with Crippen LogP contribution in [-0.2, 0) is 14.3 Å². The smallest absolute Gasteiger partial charge is 0.407 e. The number of hydrogen-bond acceptors (Lipinski definition) is 7. The van der Waals surface area contributed by atoms with E-state index in [4.69, 9.17) is 14.7 Å². The van der Waals surface area contributed by atoms with Gasteiger partial charge in [-0.05, 0) is 76.8 Å². The van der Waals surface area contributed by atoms with E-state index >= 15 is 0 Å². The van der Waals surface area contributed by atoms with Crippen LogP contribution in [0.2, 0.25) is 0 Å². The van der Waals surface area contributed by atoms with E-state index in [1.807, 2.05) is 66.4 Å². The fraction of sp³-hybridized carbons (Fsp3) is 0.319. The van der Waals surface area contributed by atoms with Gasteiger partial charge < -0.3 is 40.5 Å². The van der Waals surface area contributed by atoms with Crippen LogP contribution < -0.4 is 16.0 Å². The minimum Gasteiger partial charge on any atom is -0.453 e. The van der Waals surface area contributed by atoms with Crippen molar-refractivity contribution < 1.29 is 23.9 Å². The highest BCUT2D eigenvalue weighted by Crippen LogP contribution is 2.36. The molecule has 4 heterocycles. The molecule has 0 bridgehead atoms. The van der Waals surface area contributed by atoms with Crippen molar-refractivity contribution in [3.63, 3.8) is 0 Å². The van der Waals surface area contributed by atoms with Crippen LogP contribution in [-0.4, -0.2) is 87.0 Å². The summed E-state index contributed by atoms with van der Waals surface area (Å²) in [4.78, 5) is 72.0. The largest absolute Gasteiger partial charge is 0.453 e. The van der Waals surface area contributed by atoms with Crippen LogP contribution in [0.3, 0.4) is 0 Å². The number of aromatic nitrogens is 4. The number of amides is 5. The molecule has 2 saturated heterocycles. The van der Waals surface area contributed by atoms with Gasteiger partial charge in [0.25, 0.3) is 0 Å². The molecule has 2 fully saturated rings. The first-order valence-electron chi connectivity index (χ1n) is 20.9. The molecule has 2 aromatic heterocycles. The Morgan fingerprint density at radius 3 is 2.05 bits per heavy atom. The summed E-state index contributed by atoms with van der Waals surface area (Å²) >= 11 is 0. The maximum absolute atomic E-state index is 14.0. The Hall–Kier alpha value is -6.96. The van der Waals surface area contributed by atoms with Crippen molar-refractivity contribution in [2.45, 2.75) is 63.7 Å². The van der Waals surface area contributed by atoms with Gasteiger partial charge in [-0.2, -0.15) is 0 Å². The van der Waals surface area contributed by atoms with Crippen LogP contribution in [0.15, 0.2) is 103 Å². The zero-order valence-electron chi connectivity index (χ0n) is 34.8. The Kier molecular flexibility index (Phi) is 11.9. The fourth-order valence-electron chi connectivity index (χ4n) is 8.54. The van der Waals surface area contributed by atoms with Crippen molar-refractivity contribution >= 4 is 34.7 Å². The molecule has 8 rings (SSSR count). The number of nitrogens with one attached hydrogen (secondary N) is 5. The number of urea groups is 1. The number of H-pyrrole nitrogens is 2. The Labute approximate surface area is 354 Å². The molecule has 6 aromatic rings. The van der Waals surface area contributed by atoms with Gasteiger partial charge in [0.1, 0.15) is 23.7 Å². The van der Waals surface area contributed by atoms with Crippen LogP contribution in [0.1, 0.15) is 74.9 Å². The summed E-state index contributed by atoms with van der Waals surface area (Å²) in [6, 6.07) is 28.0. The predicted molar refractivity (Wildman–Crippen MR) is 233 cm³/mol. The SMILES string of the molecule is CNC(=O)N[C@@H](C(=O)N1CCC[C@H]1c1nc(-c2ccc3cc(-c4ccc(-c5cnc([C@@H]6CCCN6C(=O)[C@@H](NC(=O)OC)C(C)C)[nH]5)cc4)ccc3c2)c[nH]1)c1ccccc1. The lowest BCUT2D eigenvalue weighted by atomic mass is 9.98. The number of carbonyl (C=O) groups is 4. The molecule has 0 saturated carbocycles. The van der Waals surface area contributed by atoms with Gasteiger partial charge in [-0.3, -0.25) is 9.59 Å². The number of carbonyl (C=O) groups excluding carboxylic acids is 4. The number of methoxy groups -OCH3 is 1. The molecule has 4 atom stereocenters. The first-order chi connectivity index (χ1) is 29.6. The zero-order chi connectivity index (χ0) is 42.6. The summed E-state index contributed by atoms with van der Waals surface area (Å²) in [6.07, 6.45) is 6.31. The van der Waals surface area contributed by atoms with Gasteiger partial charge in [-0.15, -0.1) is 0 Å². The number of ether oxygens (including phenoxy) is 1. The molecule has 0 unspecified atom stereocenters. The van der Waals surface area contributed by atoms with Gasteiger partial charge in [-0.1, -0.05) is 92.7 Å². The van der Waals surface area contributed by atoms with E-state index in [1.165, 1.54) is 14.2 Å². The number of likely N-dealkylation sites (tertiary alicyclic amines) is 2. The third kappa shape index (κ3) is 8.56. The van der Waals surface area contributed by atoms with Gasteiger partial charge in [-0.25, -0.2) is 19.6 Å². The van der Waals surface area contributed by atoms with Gasteiger partial charge in [0.15, 0.2) is 0 Å². The molecule has 2 aliphatic heterocycles. The van der Waals surface area contributed by atoms with Crippen LogP contribution in [0.4, 0.5) is 9.59 Å². The van der Waals surface area contributed by atoms with E-state index < -0.39 is 24.2 Å². The number of imidazole rings is 2. The van der Waals surface area contributed by atoms with Gasteiger partial charge in [0, 0.05) is 31.9 Å². The number of aromatic amines is 2. The van der Waals surface area contributed by atoms with Crippen molar-refractivity contribution in [2.24, 2.45) is 5.92 Å². The molecule has 5 N–H and O–H groups in total. The van der Waals surface area contributed by atoms with Crippen molar-refractivity contribution in [1.29, 1.82) is 0 Å². The molecule has 2 aliphatic rings. The highest BCUT2D eigenvalue weighted by atomic mass is 16.5. The summed E-state index contributed by atoms with van der Waals surface area (Å²) in [6.45, 7) is 4.98. The number of alkyl carbamates (subject to hydrolysis) is 1. The summed E-state index contributed by atoms with van der Waals surface area (Å²) in [5, 5.41) is 10.3. The second-order valence-electron chi connectivity index (χ2n) is 16.0. The van der Waals surface area contributed by atoms with Crippen molar-refractivity contribution in [3.8, 4) is 33.6 Å². The van der Waals surface area contributed by atoms with Crippen molar-refractivity contribution in [2.75, 3.05) is 27.2 Å². The first-order valence-corrected chi connectivity index (χ1v) is 20.9. The van der Waals surface area contributed by atoms with E-state index in [0.29, 0.717) is 13.1 Å². The van der Waals surface area contributed by atoms with Crippen molar-refractivity contribution in [3.05, 3.63) is 121 Å². The number of nitrogens with zero attached hydrogens (tertiary/aromatic N) is 4. The van der Waals surface area contributed by atoms with Gasteiger partial charge >= 0.3 is 12.1 Å². The third-order valence-electron chi connectivity index (χ3n) is 11.8. The van der Waals surface area contributed by atoms with Crippen molar-refractivity contribution in [1.82, 2.24) is 45.7 Å². The average Bonchev–Trinajstić information content (AvgIpc) is 4.14. The molecule has 61 heavy (non-hydrogen) atoms. The zero-order valence-corrected chi connectivity index (χ0v) is 34.8.